The molecule has 1 saturated heterocycles. The molecule has 0 aromatic heterocycles. The SMILES string of the molecule is CNC1(CC(=O)NC(C)(C)c2cc(C)cc(OC)c2)CN(CC(C)(C)O)C1. The number of carbonyl (C=O) groups excluding carboxylic acids is 1. The van der Waals surface area contributed by atoms with Crippen molar-refractivity contribution in [3.8, 4) is 5.75 Å². The van der Waals surface area contributed by atoms with E-state index in [0.29, 0.717) is 13.0 Å². The number of amides is 1. The normalized spacial score (nSPS) is 17.3. The second-order valence-corrected chi connectivity index (χ2v) is 9.08. The molecular formula is C21H35N3O3. The Morgan fingerprint density at radius 3 is 2.41 bits per heavy atom. The molecule has 0 bridgehead atoms. The summed E-state index contributed by atoms with van der Waals surface area (Å²) in [6.45, 7) is 11.7. The zero-order chi connectivity index (χ0) is 20.5. The Kier molecular flexibility index (Phi) is 6.24. The Morgan fingerprint density at radius 2 is 1.89 bits per heavy atom. The van der Waals surface area contributed by atoms with Crippen LogP contribution in [0.2, 0.25) is 0 Å². The van der Waals surface area contributed by atoms with Gasteiger partial charge in [0.05, 0.1) is 23.8 Å². The van der Waals surface area contributed by atoms with Crippen molar-refractivity contribution in [3.05, 3.63) is 29.3 Å². The van der Waals surface area contributed by atoms with Crippen LogP contribution in [0.15, 0.2) is 18.2 Å². The molecule has 1 aromatic carbocycles. The van der Waals surface area contributed by atoms with Gasteiger partial charge >= 0.3 is 0 Å². The van der Waals surface area contributed by atoms with Gasteiger partial charge < -0.3 is 20.5 Å². The number of aryl methyl sites for hydroxylation is 1. The van der Waals surface area contributed by atoms with E-state index in [2.05, 4.69) is 21.6 Å². The molecule has 27 heavy (non-hydrogen) atoms. The fraction of sp³-hybridized carbons (Fsp3) is 0.667. The number of methoxy groups -OCH3 is 1. The number of nitrogens with zero attached hydrogens (tertiary/aromatic N) is 1. The van der Waals surface area contributed by atoms with Crippen LogP contribution in [0.5, 0.6) is 5.75 Å². The Hall–Kier alpha value is -1.63. The second kappa shape index (κ2) is 7.78. The van der Waals surface area contributed by atoms with Gasteiger partial charge in [0.15, 0.2) is 0 Å². The van der Waals surface area contributed by atoms with Gasteiger partial charge in [-0.3, -0.25) is 9.69 Å². The van der Waals surface area contributed by atoms with Gasteiger partial charge in [0, 0.05) is 26.1 Å². The number of rotatable bonds is 8. The molecule has 0 saturated carbocycles. The predicted molar refractivity (Wildman–Crippen MR) is 108 cm³/mol. The molecule has 0 unspecified atom stereocenters. The van der Waals surface area contributed by atoms with E-state index in [1.54, 1.807) is 21.0 Å². The lowest BCUT2D eigenvalue weighted by Gasteiger charge is -2.51. The van der Waals surface area contributed by atoms with E-state index in [4.69, 9.17) is 4.74 Å². The summed E-state index contributed by atoms with van der Waals surface area (Å²) in [6.07, 6.45) is 0.401. The maximum absolute atomic E-state index is 12.8. The molecule has 152 valence electrons. The van der Waals surface area contributed by atoms with Crippen molar-refractivity contribution in [2.24, 2.45) is 0 Å². The minimum atomic E-state index is -0.728. The molecule has 0 atom stereocenters. The minimum Gasteiger partial charge on any atom is -0.497 e. The number of β-amino-alcohol motifs (C(OH)–C–C–N with tert-alkyl or cyclic N) is 1. The number of hydrogen-bond acceptors (Lipinski definition) is 5. The van der Waals surface area contributed by atoms with Crippen LogP contribution < -0.4 is 15.4 Å². The largest absolute Gasteiger partial charge is 0.497 e. The highest BCUT2D eigenvalue weighted by molar-refractivity contribution is 5.78. The van der Waals surface area contributed by atoms with Crippen LogP contribution in [-0.4, -0.2) is 60.8 Å². The van der Waals surface area contributed by atoms with Crippen LogP contribution in [0.4, 0.5) is 0 Å². The average molecular weight is 378 g/mol. The van der Waals surface area contributed by atoms with Crippen molar-refractivity contribution in [2.45, 2.75) is 57.7 Å². The van der Waals surface area contributed by atoms with E-state index in [0.717, 1.165) is 30.0 Å². The molecule has 2 rings (SSSR count). The Morgan fingerprint density at radius 1 is 1.26 bits per heavy atom. The first-order valence-electron chi connectivity index (χ1n) is 9.49. The number of benzene rings is 1. The third-order valence-corrected chi connectivity index (χ3v) is 5.15. The summed E-state index contributed by atoms with van der Waals surface area (Å²) in [6, 6.07) is 6.02. The van der Waals surface area contributed by atoms with Crippen molar-refractivity contribution in [2.75, 3.05) is 33.8 Å². The van der Waals surface area contributed by atoms with Gasteiger partial charge in [-0.25, -0.2) is 0 Å². The third-order valence-electron chi connectivity index (χ3n) is 5.15. The number of hydrogen-bond donors (Lipinski definition) is 3. The minimum absolute atomic E-state index is 0.0118. The number of likely N-dealkylation sites (N-methyl/N-ethyl adjacent to an activating group) is 1. The lowest BCUT2D eigenvalue weighted by molar-refractivity contribution is -0.127. The van der Waals surface area contributed by atoms with Crippen molar-refractivity contribution in [3.63, 3.8) is 0 Å². The van der Waals surface area contributed by atoms with E-state index < -0.39 is 11.1 Å². The predicted octanol–water partition coefficient (Wildman–Crippen LogP) is 1.79. The summed E-state index contributed by atoms with van der Waals surface area (Å²) in [5, 5.41) is 16.5. The van der Waals surface area contributed by atoms with Crippen LogP contribution >= 0.6 is 0 Å². The number of ether oxygens (including phenoxy) is 1. The molecule has 1 amide bonds. The maximum atomic E-state index is 12.8. The quantitative estimate of drug-likeness (QED) is 0.644. The van der Waals surface area contributed by atoms with E-state index in [9.17, 15) is 9.90 Å². The molecule has 1 heterocycles. The van der Waals surface area contributed by atoms with Crippen molar-refractivity contribution in [1.82, 2.24) is 15.5 Å². The Labute approximate surface area is 163 Å². The molecule has 0 radical (unpaired) electrons. The lowest BCUT2D eigenvalue weighted by Crippen LogP contribution is -2.71. The topological polar surface area (TPSA) is 73.8 Å². The number of aliphatic hydroxyl groups is 1. The highest BCUT2D eigenvalue weighted by Gasteiger charge is 2.44. The summed E-state index contributed by atoms with van der Waals surface area (Å²) in [7, 11) is 3.54. The number of likely N-dealkylation sites (tertiary alicyclic amines) is 1. The molecule has 6 heteroatoms. The zero-order valence-electron chi connectivity index (χ0n) is 17.8. The zero-order valence-corrected chi connectivity index (χ0v) is 17.8. The van der Waals surface area contributed by atoms with Crippen LogP contribution in [0.3, 0.4) is 0 Å². The summed E-state index contributed by atoms with van der Waals surface area (Å²) in [4.78, 5) is 14.9. The smallest absolute Gasteiger partial charge is 0.222 e. The summed E-state index contributed by atoms with van der Waals surface area (Å²) >= 11 is 0. The van der Waals surface area contributed by atoms with Gasteiger partial charge in [-0.05, 0) is 64.9 Å². The van der Waals surface area contributed by atoms with E-state index in [1.165, 1.54) is 0 Å². The van der Waals surface area contributed by atoms with Gasteiger partial charge in [-0.15, -0.1) is 0 Å². The Balaban J connectivity index is 2.01. The van der Waals surface area contributed by atoms with Gasteiger partial charge in [0.1, 0.15) is 5.75 Å². The Bertz CT molecular complexity index is 674. The highest BCUT2D eigenvalue weighted by Crippen LogP contribution is 2.29. The van der Waals surface area contributed by atoms with Crippen molar-refractivity contribution >= 4 is 5.91 Å². The molecular weight excluding hydrogens is 342 g/mol. The first-order valence-corrected chi connectivity index (χ1v) is 9.49. The maximum Gasteiger partial charge on any atom is 0.222 e. The monoisotopic (exact) mass is 377 g/mol. The van der Waals surface area contributed by atoms with Gasteiger partial charge in [0.25, 0.3) is 0 Å². The van der Waals surface area contributed by atoms with Crippen molar-refractivity contribution in [1.29, 1.82) is 0 Å². The van der Waals surface area contributed by atoms with Gasteiger partial charge in [-0.1, -0.05) is 6.07 Å². The summed E-state index contributed by atoms with van der Waals surface area (Å²) in [5.74, 6) is 0.804. The summed E-state index contributed by atoms with van der Waals surface area (Å²) < 4.78 is 5.36. The molecule has 1 fully saturated rings. The molecule has 0 aliphatic carbocycles. The third kappa shape index (κ3) is 5.67. The van der Waals surface area contributed by atoms with Crippen LogP contribution in [-0.2, 0) is 10.3 Å². The fourth-order valence-electron chi connectivity index (χ4n) is 3.83. The number of carbonyl (C=O) groups is 1. The van der Waals surface area contributed by atoms with Gasteiger partial charge in [0.2, 0.25) is 5.91 Å². The van der Waals surface area contributed by atoms with Gasteiger partial charge in [-0.2, -0.15) is 0 Å². The van der Waals surface area contributed by atoms with E-state index in [-0.39, 0.29) is 11.4 Å². The average Bonchev–Trinajstić information content (AvgIpc) is 2.50. The lowest BCUT2D eigenvalue weighted by atomic mass is 9.84. The van der Waals surface area contributed by atoms with E-state index in [1.807, 2.05) is 40.0 Å². The second-order valence-electron chi connectivity index (χ2n) is 9.08. The molecule has 0 spiro atoms. The molecule has 6 nitrogen and oxygen atoms in total. The number of nitrogens with one attached hydrogen (secondary N) is 2. The van der Waals surface area contributed by atoms with E-state index >= 15 is 0 Å². The first-order chi connectivity index (χ1) is 12.4. The standard InChI is InChI=1S/C21H35N3O3/c1-15-8-16(10-17(9-15)27-7)20(4,5)23-18(25)11-21(22-6)13-24(14-21)12-19(2,3)26/h8-10,22,26H,11-14H2,1-7H3,(H,23,25). The molecule has 1 aromatic rings. The van der Waals surface area contributed by atoms with Crippen LogP contribution in [0, 0.1) is 6.92 Å². The van der Waals surface area contributed by atoms with Crippen LogP contribution in [0.1, 0.15) is 45.2 Å². The molecule has 1 aliphatic rings. The first kappa shape index (κ1) is 21.7. The van der Waals surface area contributed by atoms with Crippen molar-refractivity contribution < 1.29 is 14.6 Å². The molecule has 3 N–H and O–H groups in total. The van der Waals surface area contributed by atoms with Crippen LogP contribution in [0.25, 0.3) is 0 Å². The molecule has 1 aliphatic heterocycles. The highest BCUT2D eigenvalue weighted by atomic mass is 16.5. The fourth-order valence-corrected chi connectivity index (χ4v) is 3.83. The summed E-state index contributed by atoms with van der Waals surface area (Å²) in [5.41, 5.74) is 0.648.